The quantitative estimate of drug-likeness (QED) is 0.666. The molecule has 0 saturated heterocycles. The summed E-state index contributed by atoms with van der Waals surface area (Å²) in [4.78, 5) is 1.21. The molecule has 2 rings (SSSR count). The van der Waals surface area contributed by atoms with Crippen LogP contribution in [-0.4, -0.2) is 11.4 Å². The summed E-state index contributed by atoms with van der Waals surface area (Å²) in [6.45, 7) is 0.125. The molecule has 0 aliphatic carbocycles. The van der Waals surface area contributed by atoms with Crippen molar-refractivity contribution in [3.05, 3.63) is 26.6 Å². The molecule has 1 aromatic heterocycles. The fourth-order valence-electron chi connectivity index (χ4n) is 1.44. The number of aliphatic hydroxyl groups excluding tert-OH is 1. The zero-order valence-corrected chi connectivity index (χ0v) is 11.4. The number of thiophene rings is 1. The van der Waals surface area contributed by atoms with Crippen LogP contribution >= 0.6 is 45.7 Å². The van der Waals surface area contributed by atoms with E-state index in [9.17, 15) is 5.11 Å². The second-order valence-corrected chi connectivity index (χ2v) is 5.72. The Bertz CT molecular complexity index is 464. The first-order valence-corrected chi connectivity index (χ1v) is 7.29. The maximum atomic E-state index is 9.26. The third-order valence-corrected chi connectivity index (χ3v) is 5.33. The summed E-state index contributed by atoms with van der Waals surface area (Å²) in [6, 6.07) is 4.23. The smallest absolute Gasteiger partial charge is 0.0693 e. The molecule has 0 radical (unpaired) electrons. The molecular formula is C10H9IOS2. The Kier molecular flexibility index (Phi) is 3.36. The van der Waals surface area contributed by atoms with Gasteiger partial charge in [0, 0.05) is 18.6 Å². The van der Waals surface area contributed by atoms with Gasteiger partial charge in [0.1, 0.15) is 0 Å². The predicted molar refractivity (Wildman–Crippen MR) is 72.2 cm³/mol. The molecule has 1 heterocycles. The van der Waals surface area contributed by atoms with E-state index in [4.69, 9.17) is 0 Å². The monoisotopic (exact) mass is 336 g/mol. The lowest BCUT2D eigenvalue weighted by atomic mass is 10.2. The molecule has 0 atom stereocenters. The number of thioether (sulfide) groups is 1. The number of halogens is 1. The molecule has 0 aliphatic rings. The molecule has 1 aromatic carbocycles. The van der Waals surface area contributed by atoms with Gasteiger partial charge in [-0.05, 0) is 51.9 Å². The minimum atomic E-state index is 0.125. The molecule has 0 amide bonds. The first kappa shape index (κ1) is 10.7. The number of aliphatic hydroxyl groups is 1. The standard InChI is InChI=1S/C10H9IOS2/c1-13-10-6(5-12)4-8-7(9(10)11)2-3-14-8/h2-4,12H,5H2,1H3. The van der Waals surface area contributed by atoms with Crippen LogP contribution in [0, 0.1) is 3.57 Å². The van der Waals surface area contributed by atoms with Gasteiger partial charge < -0.3 is 5.11 Å². The molecule has 0 aliphatic heterocycles. The highest BCUT2D eigenvalue weighted by atomic mass is 127. The molecule has 0 saturated carbocycles. The Labute approximate surface area is 105 Å². The summed E-state index contributed by atoms with van der Waals surface area (Å²) >= 11 is 5.79. The summed E-state index contributed by atoms with van der Waals surface area (Å²) < 4.78 is 2.52. The maximum Gasteiger partial charge on any atom is 0.0693 e. The molecule has 14 heavy (non-hydrogen) atoms. The van der Waals surface area contributed by atoms with Crippen molar-refractivity contribution < 1.29 is 5.11 Å². The fourth-order valence-corrected chi connectivity index (χ4v) is 4.63. The van der Waals surface area contributed by atoms with Gasteiger partial charge in [0.05, 0.1) is 6.61 Å². The number of fused-ring (bicyclic) bond motifs is 1. The van der Waals surface area contributed by atoms with Gasteiger partial charge in [0.25, 0.3) is 0 Å². The molecular weight excluding hydrogens is 327 g/mol. The molecule has 1 N–H and O–H groups in total. The van der Waals surface area contributed by atoms with Crippen molar-refractivity contribution in [2.75, 3.05) is 6.26 Å². The van der Waals surface area contributed by atoms with Gasteiger partial charge in [-0.2, -0.15) is 0 Å². The van der Waals surface area contributed by atoms with Crippen LogP contribution in [0.1, 0.15) is 5.56 Å². The van der Waals surface area contributed by atoms with Gasteiger partial charge >= 0.3 is 0 Å². The van der Waals surface area contributed by atoms with E-state index < -0.39 is 0 Å². The first-order valence-electron chi connectivity index (χ1n) is 4.11. The lowest BCUT2D eigenvalue weighted by Gasteiger charge is -2.08. The van der Waals surface area contributed by atoms with Crippen molar-refractivity contribution >= 4 is 55.8 Å². The van der Waals surface area contributed by atoms with Crippen LogP contribution in [-0.2, 0) is 6.61 Å². The third kappa shape index (κ3) is 1.68. The molecule has 2 aromatic rings. The van der Waals surface area contributed by atoms with E-state index in [1.165, 1.54) is 18.6 Å². The Morgan fingerprint density at radius 2 is 2.36 bits per heavy atom. The van der Waals surface area contributed by atoms with Crippen LogP contribution in [0.2, 0.25) is 0 Å². The normalized spacial score (nSPS) is 11.1. The molecule has 4 heteroatoms. The second kappa shape index (κ2) is 4.38. The van der Waals surface area contributed by atoms with Gasteiger partial charge in [-0.15, -0.1) is 23.1 Å². The summed E-state index contributed by atoms with van der Waals surface area (Å²) in [5.74, 6) is 0. The minimum absolute atomic E-state index is 0.125. The summed E-state index contributed by atoms with van der Waals surface area (Å²) in [6.07, 6.45) is 2.05. The Hall–Kier alpha value is 0.220. The fraction of sp³-hybridized carbons (Fsp3) is 0.200. The van der Waals surface area contributed by atoms with Crippen LogP contribution in [0.4, 0.5) is 0 Å². The van der Waals surface area contributed by atoms with Crippen molar-refractivity contribution in [3.8, 4) is 0 Å². The van der Waals surface area contributed by atoms with Crippen LogP contribution in [0.25, 0.3) is 10.1 Å². The summed E-state index contributed by atoms with van der Waals surface area (Å²) in [5.41, 5.74) is 1.04. The average molecular weight is 336 g/mol. The molecule has 0 unspecified atom stereocenters. The van der Waals surface area contributed by atoms with E-state index in [-0.39, 0.29) is 6.61 Å². The zero-order valence-electron chi connectivity index (χ0n) is 7.58. The highest BCUT2D eigenvalue weighted by molar-refractivity contribution is 14.1. The van der Waals surface area contributed by atoms with Crippen molar-refractivity contribution in [3.63, 3.8) is 0 Å². The lowest BCUT2D eigenvalue weighted by Crippen LogP contribution is -1.90. The highest BCUT2D eigenvalue weighted by Crippen LogP contribution is 2.35. The number of rotatable bonds is 2. The Morgan fingerprint density at radius 3 is 3.00 bits per heavy atom. The molecule has 0 spiro atoms. The second-order valence-electron chi connectivity index (χ2n) is 2.87. The largest absolute Gasteiger partial charge is 0.392 e. The van der Waals surface area contributed by atoms with Gasteiger partial charge in [0.15, 0.2) is 0 Å². The summed E-state index contributed by atoms with van der Waals surface area (Å²) in [5, 5.41) is 12.7. The van der Waals surface area contributed by atoms with E-state index in [1.54, 1.807) is 23.1 Å². The van der Waals surface area contributed by atoms with Crippen LogP contribution in [0.5, 0.6) is 0 Å². The van der Waals surface area contributed by atoms with E-state index >= 15 is 0 Å². The van der Waals surface area contributed by atoms with Crippen molar-refractivity contribution in [1.29, 1.82) is 0 Å². The lowest BCUT2D eigenvalue weighted by molar-refractivity contribution is 0.279. The average Bonchev–Trinajstić information content (AvgIpc) is 2.65. The van der Waals surface area contributed by atoms with Crippen LogP contribution in [0.15, 0.2) is 22.4 Å². The van der Waals surface area contributed by atoms with E-state index in [1.807, 2.05) is 0 Å². The highest BCUT2D eigenvalue weighted by Gasteiger charge is 2.10. The van der Waals surface area contributed by atoms with Crippen molar-refractivity contribution in [2.45, 2.75) is 11.5 Å². The summed E-state index contributed by atoms with van der Waals surface area (Å²) in [7, 11) is 0. The van der Waals surface area contributed by atoms with Gasteiger partial charge in [-0.25, -0.2) is 0 Å². The molecule has 0 fully saturated rings. The SMILES string of the molecule is CSc1c(CO)cc2sccc2c1I. The Balaban J connectivity index is 2.79. The van der Waals surface area contributed by atoms with E-state index in [0.29, 0.717) is 0 Å². The number of hydrogen-bond acceptors (Lipinski definition) is 3. The van der Waals surface area contributed by atoms with Crippen molar-refractivity contribution in [1.82, 2.24) is 0 Å². The Morgan fingerprint density at radius 1 is 1.57 bits per heavy atom. The molecule has 74 valence electrons. The number of benzene rings is 1. The minimum Gasteiger partial charge on any atom is -0.392 e. The topological polar surface area (TPSA) is 20.2 Å². The molecule has 1 nitrogen and oxygen atoms in total. The third-order valence-electron chi connectivity index (χ3n) is 2.10. The van der Waals surface area contributed by atoms with E-state index in [0.717, 1.165) is 5.56 Å². The number of hydrogen-bond donors (Lipinski definition) is 1. The van der Waals surface area contributed by atoms with E-state index in [2.05, 4.69) is 46.4 Å². The predicted octanol–water partition coefficient (Wildman–Crippen LogP) is 3.72. The first-order chi connectivity index (χ1) is 6.77. The van der Waals surface area contributed by atoms with Gasteiger partial charge in [-0.3, -0.25) is 0 Å². The van der Waals surface area contributed by atoms with Gasteiger partial charge in [-0.1, -0.05) is 0 Å². The van der Waals surface area contributed by atoms with Crippen molar-refractivity contribution in [2.24, 2.45) is 0 Å². The van der Waals surface area contributed by atoms with Crippen LogP contribution in [0.3, 0.4) is 0 Å². The van der Waals surface area contributed by atoms with Crippen LogP contribution < -0.4 is 0 Å². The maximum absolute atomic E-state index is 9.26. The molecule has 0 bridgehead atoms. The zero-order chi connectivity index (χ0) is 10.1. The van der Waals surface area contributed by atoms with Gasteiger partial charge in [0.2, 0.25) is 0 Å².